The maximum Gasteiger partial charge on any atom is 0.0620 e. The van der Waals surface area contributed by atoms with E-state index in [0.717, 1.165) is 5.39 Å². The first-order chi connectivity index (χ1) is 23.0. The smallest absolute Gasteiger partial charge is 0.0620 e. The van der Waals surface area contributed by atoms with E-state index in [2.05, 4.69) is 153 Å². The van der Waals surface area contributed by atoms with Crippen molar-refractivity contribution in [3.05, 3.63) is 120 Å². The van der Waals surface area contributed by atoms with Crippen LogP contribution in [0, 0.1) is 12.1 Å². The summed E-state index contributed by atoms with van der Waals surface area (Å²) in [5, 5.41) is 15.5. The molecular weight excluding hydrogens is 581 g/mol. The van der Waals surface area contributed by atoms with Gasteiger partial charge in [0.15, 0.2) is 0 Å². The highest BCUT2D eigenvalue weighted by atomic mass is 14.9. The molecule has 0 aliphatic rings. The van der Waals surface area contributed by atoms with E-state index >= 15 is 0 Å². The van der Waals surface area contributed by atoms with Crippen molar-refractivity contribution in [1.82, 2.24) is 8.80 Å². The van der Waals surface area contributed by atoms with Gasteiger partial charge < -0.3 is 8.80 Å². The molecule has 0 atom stereocenters. The van der Waals surface area contributed by atoms with Crippen LogP contribution >= 0.6 is 0 Å². The molecule has 2 heteroatoms. The molecular formula is C46H34N2. The predicted molar refractivity (Wildman–Crippen MR) is 206 cm³/mol. The molecule has 4 heterocycles. The van der Waals surface area contributed by atoms with Crippen molar-refractivity contribution >= 4 is 97.7 Å². The van der Waals surface area contributed by atoms with E-state index in [1.807, 2.05) is 6.07 Å². The minimum atomic E-state index is 0.0155. The molecule has 0 unspecified atom stereocenters. The minimum Gasteiger partial charge on any atom is -0.308 e. The van der Waals surface area contributed by atoms with E-state index in [0.29, 0.717) is 0 Å². The maximum absolute atomic E-state index is 3.39. The third-order valence-electron chi connectivity index (χ3n) is 11.2. The Labute approximate surface area is 278 Å². The van der Waals surface area contributed by atoms with Crippen molar-refractivity contribution in [2.45, 2.75) is 52.4 Å². The number of aromatic nitrogens is 2. The van der Waals surface area contributed by atoms with Crippen molar-refractivity contribution in [1.29, 1.82) is 0 Å². The van der Waals surface area contributed by atoms with Gasteiger partial charge in [0.2, 0.25) is 0 Å². The normalized spacial score (nSPS) is 13.5. The van der Waals surface area contributed by atoms with Crippen LogP contribution in [-0.4, -0.2) is 8.80 Å². The van der Waals surface area contributed by atoms with Gasteiger partial charge in [0.05, 0.1) is 33.1 Å². The van der Waals surface area contributed by atoms with Crippen molar-refractivity contribution < 1.29 is 0 Å². The zero-order valence-electron chi connectivity index (χ0n) is 28.1. The van der Waals surface area contributed by atoms with Crippen LogP contribution in [0.25, 0.3) is 97.7 Å². The molecule has 11 rings (SSSR count). The summed E-state index contributed by atoms with van der Waals surface area (Å²) in [6.07, 6.45) is 0. The molecule has 0 saturated heterocycles. The van der Waals surface area contributed by atoms with Crippen molar-refractivity contribution in [3.63, 3.8) is 0 Å². The summed E-state index contributed by atoms with van der Waals surface area (Å²) in [5.41, 5.74) is 10.5. The van der Waals surface area contributed by atoms with Gasteiger partial charge in [-0.3, -0.25) is 0 Å². The molecule has 0 aliphatic carbocycles. The van der Waals surface area contributed by atoms with Gasteiger partial charge >= 0.3 is 0 Å². The molecule has 0 spiro atoms. The van der Waals surface area contributed by atoms with Crippen LogP contribution in [0.3, 0.4) is 0 Å². The Kier molecular flexibility index (Phi) is 4.59. The highest BCUT2D eigenvalue weighted by molar-refractivity contribution is 6.30. The average Bonchev–Trinajstić information content (AvgIpc) is 3.76. The Bertz CT molecular complexity index is 2950. The van der Waals surface area contributed by atoms with Crippen molar-refractivity contribution in [2.75, 3.05) is 0 Å². The zero-order valence-corrected chi connectivity index (χ0v) is 28.1. The molecule has 48 heavy (non-hydrogen) atoms. The molecule has 0 N–H and O–H groups in total. The standard InChI is InChI=1S/C46H34N2/c1-45(2,3)29-19-35-31-15-25-11-7-9-13-27(25)17-39(31)47-41-24-34-38-22-30(46(4,5)6)20-36-32-16-26-12-8-10-14-28(26)18-40(32)48(44(36)38)42(34)23-33(41)37(21-29)43(35)47/h7-9,11-13,15-24H,1-6H3. The van der Waals surface area contributed by atoms with Crippen LogP contribution in [0.2, 0.25) is 0 Å². The predicted octanol–water partition coefficient (Wildman–Crippen LogP) is 12.5. The fourth-order valence-corrected chi connectivity index (χ4v) is 8.69. The second-order valence-electron chi connectivity index (χ2n) is 16.2. The average molecular weight is 615 g/mol. The molecule has 228 valence electrons. The summed E-state index contributed by atoms with van der Waals surface area (Å²) in [4.78, 5) is 0. The molecule has 7 aromatic carbocycles. The lowest BCUT2D eigenvalue weighted by Crippen LogP contribution is -2.10. The van der Waals surface area contributed by atoms with Gasteiger partial charge in [-0.2, -0.15) is 0 Å². The lowest BCUT2D eigenvalue weighted by atomic mass is 9.85. The number of nitrogens with zero attached hydrogens (tertiary/aromatic N) is 2. The molecule has 0 saturated carbocycles. The molecule has 0 amide bonds. The molecule has 0 fully saturated rings. The van der Waals surface area contributed by atoms with E-state index < -0.39 is 0 Å². The van der Waals surface area contributed by atoms with E-state index in [4.69, 9.17) is 0 Å². The van der Waals surface area contributed by atoms with Crippen LogP contribution in [0.5, 0.6) is 0 Å². The summed E-state index contributed by atoms with van der Waals surface area (Å²) >= 11 is 0. The Balaban J connectivity index is 1.40. The first kappa shape index (κ1) is 26.5. The Morgan fingerprint density at radius 2 is 0.875 bits per heavy atom. The van der Waals surface area contributed by atoms with E-state index in [1.54, 1.807) is 0 Å². The second-order valence-corrected chi connectivity index (χ2v) is 16.2. The van der Waals surface area contributed by atoms with Gasteiger partial charge in [0.1, 0.15) is 0 Å². The third-order valence-corrected chi connectivity index (χ3v) is 11.2. The first-order valence-electron chi connectivity index (χ1n) is 17.1. The molecule has 0 bridgehead atoms. The molecule has 0 aliphatic heterocycles. The number of benzene rings is 6. The number of hydrogen-bond acceptors (Lipinski definition) is 0. The van der Waals surface area contributed by atoms with Gasteiger partial charge in [-0.15, -0.1) is 0 Å². The monoisotopic (exact) mass is 614 g/mol. The van der Waals surface area contributed by atoms with Crippen molar-refractivity contribution in [2.24, 2.45) is 0 Å². The highest BCUT2D eigenvalue weighted by Crippen LogP contribution is 2.47. The Morgan fingerprint density at radius 3 is 1.40 bits per heavy atom. The maximum atomic E-state index is 3.39. The molecule has 11 aromatic rings. The zero-order chi connectivity index (χ0) is 32.4. The number of rotatable bonds is 0. The largest absolute Gasteiger partial charge is 0.308 e. The van der Waals surface area contributed by atoms with E-state index in [1.165, 1.54) is 103 Å². The summed E-state index contributed by atoms with van der Waals surface area (Å²) in [6.45, 7) is 14.0. The van der Waals surface area contributed by atoms with Crippen LogP contribution in [0.1, 0.15) is 52.7 Å². The lowest BCUT2D eigenvalue weighted by Gasteiger charge is -2.19. The van der Waals surface area contributed by atoms with Crippen LogP contribution < -0.4 is 0 Å². The first-order valence-corrected chi connectivity index (χ1v) is 17.1. The highest BCUT2D eigenvalue weighted by Gasteiger charge is 2.26. The molecule has 2 nitrogen and oxygen atoms in total. The van der Waals surface area contributed by atoms with E-state index in [9.17, 15) is 0 Å². The van der Waals surface area contributed by atoms with Crippen LogP contribution in [0.4, 0.5) is 0 Å². The van der Waals surface area contributed by atoms with Gasteiger partial charge in [0.25, 0.3) is 0 Å². The summed E-state index contributed by atoms with van der Waals surface area (Å²) in [7, 11) is 0. The topological polar surface area (TPSA) is 8.82 Å². The van der Waals surface area contributed by atoms with Gasteiger partial charge in [-0.1, -0.05) is 77.9 Å². The summed E-state index contributed by atoms with van der Waals surface area (Å²) in [6, 6.07) is 43.8. The van der Waals surface area contributed by atoms with Gasteiger partial charge in [0, 0.05) is 48.5 Å². The fraction of sp³-hybridized carbons (Fsp3) is 0.174. The lowest BCUT2D eigenvalue weighted by molar-refractivity contribution is 0.591. The van der Waals surface area contributed by atoms with Crippen LogP contribution in [-0.2, 0) is 10.8 Å². The van der Waals surface area contributed by atoms with Crippen LogP contribution in [0.15, 0.2) is 97.1 Å². The number of fused-ring (bicyclic) bond motifs is 14. The number of hydrogen-bond donors (Lipinski definition) is 0. The Hall–Kier alpha value is -5.52. The second kappa shape index (κ2) is 8.30. The van der Waals surface area contributed by atoms with E-state index in [-0.39, 0.29) is 10.8 Å². The third kappa shape index (κ3) is 3.20. The Morgan fingerprint density at radius 1 is 0.438 bits per heavy atom. The van der Waals surface area contributed by atoms with Gasteiger partial charge in [-0.25, -0.2) is 0 Å². The van der Waals surface area contributed by atoms with Crippen molar-refractivity contribution in [3.8, 4) is 0 Å². The molecule has 4 aromatic heterocycles. The minimum absolute atomic E-state index is 0.0155. The summed E-state index contributed by atoms with van der Waals surface area (Å²) < 4.78 is 5.09. The SMILES string of the molecule is CC(C)(C)c1cc2c3cc4ccc#cc4cc3n3c4cc5c6cc(C(C)(C)C)cc7c8cc9ccccc9cc8n(c5cc4c(c1)c23)c76. The fourth-order valence-electron chi connectivity index (χ4n) is 8.69. The summed E-state index contributed by atoms with van der Waals surface area (Å²) in [5.74, 6) is 0. The molecule has 0 radical (unpaired) electrons. The quantitative estimate of drug-likeness (QED) is 0.161. The van der Waals surface area contributed by atoms with Gasteiger partial charge in [-0.05, 0) is 111 Å².